The second-order valence-electron chi connectivity index (χ2n) is 6.84. The van der Waals surface area contributed by atoms with Gasteiger partial charge in [0, 0.05) is 16.3 Å². The zero-order chi connectivity index (χ0) is 20.1. The summed E-state index contributed by atoms with van der Waals surface area (Å²) in [7, 11) is 0. The van der Waals surface area contributed by atoms with E-state index in [9.17, 15) is 9.59 Å². The molecule has 6 nitrogen and oxygen atoms in total. The monoisotopic (exact) mass is 396 g/mol. The van der Waals surface area contributed by atoms with Gasteiger partial charge in [-0.3, -0.25) is 14.7 Å². The molecule has 0 aliphatic carbocycles. The number of nitrogens with one attached hydrogen (secondary N) is 3. The van der Waals surface area contributed by atoms with Crippen molar-refractivity contribution in [1.29, 1.82) is 0 Å². The average molecular weight is 397 g/mol. The molecule has 1 heterocycles. The first-order chi connectivity index (χ1) is 13.4. The Labute approximate surface area is 168 Å². The summed E-state index contributed by atoms with van der Waals surface area (Å²) in [5.41, 5.74) is 2.66. The molecular weight excluding hydrogens is 376 g/mol. The highest BCUT2D eigenvalue weighted by atomic mass is 35.5. The molecule has 0 atom stereocenters. The molecule has 0 spiro atoms. The van der Waals surface area contributed by atoms with Gasteiger partial charge in [0.1, 0.15) is 0 Å². The van der Waals surface area contributed by atoms with Gasteiger partial charge in [-0.1, -0.05) is 37.6 Å². The summed E-state index contributed by atoms with van der Waals surface area (Å²) < 4.78 is 0. The Morgan fingerprint density at radius 1 is 1.00 bits per heavy atom. The summed E-state index contributed by atoms with van der Waals surface area (Å²) >= 11 is 5.86. The number of nitrogens with zero attached hydrogens (tertiary/aromatic N) is 1. The van der Waals surface area contributed by atoms with Crippen molar-refractivity contribution in [3.05, 3.63) is 76.6 Å². The van der Waals surface area contributed by atoms with E-state index in [2.05, 4.69) is 34.7 Å². The van der Waals surface area contributed by atoms with Crippen LogP contribution in [0.25, 0.3) is 0 Å². The van der Waals surface area contributed by atoms with Crippen molar-refractivity contribution in [3.63, 3.8) is 0 Å². The molecule has 0 bridgehead atoms. The number of halogens is 1. The van der Waals surface area contributed by atoms with E-state index in [-0.39, 0.29) is 11.8 Å². The summed E-state index contributed by atoms with van der Waals surface area (Å²) in [5.74, 6) is -0.183. The fraction of sp³-hybridized carbons (Fsp3) is 0.190. The van der Waals surface area contributed by atoms with Gasteiger partial charge in [0.15, 0.2) is 5.69 Å². The van der Waals surface area contributed by atoms with Gasteiger partial charge in [0.05, 0.1) is 11.4 Å². The predicted molar refractivity (Wildman–Crippen MR) is 111 cm³/mol. The van der Waals surface area contributed by atoms with Crippen LogP contribution in [0.15, 0.2) is 54.6 Å². The van der Waals surface area contributed by atoms with Crippen LogP contribution < -0.4 is 10.6 Å². The minimum atomic E-state index is -0.348. The van der Waals surface area contributed by atoms with Gasteiger partial charge in [0.25, 0.3) is 11.8 Å². The van der Waals surface area contributed by atoms with Gasteiger partial charge >= 0.3 is 0 Å². The van der Waals surface area contributed by atoms with Gasteiger partial charge in [0.2, 0.25) is 0 Å². The van der Waals surface area contributed by atoms with Crippen molar-refractivity contribution in [2.24, 2.45) is 5.92 Å². The van der Waals surface area contributed by atoms with Gasteiger partial charge in [-0.15, -0.1) is 0 Å². The zero-order valence-corrected chi connectivity index (χ0v) is 16.4. The third-order valence-electron chi connectivity index (χ3n) is 4.02. The molecular formula is C21H21ClN4O2. The maximum absolute atomic E-state index is 12.5. The lowest BCUT2D eigenvalue weighted by Gasteiger charge is -2.11. The van der Waals surface area contributed by atoms with E-state index < -0.39 is 0 Å². The lowest BCUT2D eigenvalue weighted by Crippen LogP contribution is -2.17. The van der Waals surface area contributed by atoms with Crippen LogP contribution in [0, 0.1) is 5.92 Å². The molecule has 1 aromatic heterocycles. The van der Waals surface area contributed by atoms with Crippen molar-refractivity contribution in [2.45, 2.75) is 20.3 Å². The number of H-pyrrole nitrogens is 1. The first kappa shape index (κ1) is 19.6. The molecule has 2 amide bonds. The molecule has 28 heavy (non-hydrogen) atoms. The second kappa shape index (κ2) is 8.71. The summed E-state index contributed by atoms with van der Waals surface area (Å²) in [6.07, 6.45) is 0.814. The summed E-state index contributed by atoms with van der Waals surface area (Å²) in [5, 5.41) is 13.1. The third kappa shape index (κ3) is 4.98. The Balaban J connectivity index is 1.73. The molecule has 0 saturated carbocycles. The number of para-hydroxylation sites is 2. The SMILES string of the molecule is CC(C)Cc1cc(C(=O)Nc2ccccc2NC(=O)c2ccc(Cl)cc2)n[nH]1. The first-order valence-corrected chi connectivity index (χ1v) is 9.31. The smallest absolute Gasteiger partial charge is 0.276 e. The third-order valence-corrected chi connectivity index (χ3v) is 4.27. The normalized spacial score (nSPS) is 10.7. The van der Waals surface area contributed by atoms with Crippen molar-refractivity contribution < 1.29 is 9.59 Å². The summed E-state index contributed by atoms with van der Waals surface area (Å²) in [6, 6.07) is 15.3. The fourth-order valence-electron chi connectivity index (χ4n) is 2.71. The van der Waals surface area contributed by atoms with Gasteiger partial charge in [-0.05, 0) is 54.8 Å². The molecule has 3 N–H and O–H groups in total. The minimum absolute atomic E-state index is 0.294. The number of hydrogen-bond donors (Lipinski definition) is 3. The maximum atomic E-state index is 12.5. The molecule has 3 aromatic rings. The Hall–Kier alpha value is -3.12. The number of rotatable bonds is 6. The maximum Gasteiger partial charge on any atom is 0.276 e. The Morgan fingerprint density at radius 3 is 2.21 bits per heavy atom. The van der Waals surface area contributed by atoms with E-state index in [0.29, 0.717) is 33.6 Å². The average Bonchev–Trinajstić information content (AvgIpc) is 3.11. The van der Waals surface area contributed by atoms with Crippen LogP contribution in [0.4, 0.5) is 11.4 Å². The predicted octanol–water partition coefficient (Wildman–Crippen LogP) is 4.77. The molecule has 2 aromatic carbocycles. The number of hydrogen-bond acceptors (Lipinski definition) is 3. The van der Waals surface area contributed by atoms with E-state index >= 15 is 0 Å². The van der Waals surface area contributed by atoms with Crippen molar-refractivity contribution in [2.75, 3.05) is 10.6 Å². The minimum Gasteiger partial charge on any atom is -0.320 e. The van der Waals surface area contributed by atoms with Crippen LogP contribution in [0.2, 0.25) is 5.02 Å². The Bertz CT molecular complexity index is 980. The van der Waals surface area contributed by atoms with Crippen LogP contribution >= 0.6 is 11.6 Å². The molecule has 144 valence electrons. The van der Waals surface area contributed by atoms with E-state index in [1.807, 2.05) is 0 Å². The first-order valence-electron chi connectivity index (χ1n) is 8.94. The number of amides is 2. The molecule has 7 heteroatoms. The number of aromatic amines is 1. The molecule has 3 rings (SSSR count). The highest BCUT2D eigenvalue weighted by molar-refractivity contribution is 6.30. The molecule has 0 aliphatic heterocycles. The highest BCUT2D eigenvalue weighted by Crippen LogP contribution is 2.23. The number of carbonyl (C=O) groups excluding carboxylic acids is 2. The summed E-state index contributed by atoms with van der Waals surface area (Å²) in [4.78, 5) is 25.0. The van der Waals surface area contributed by atoms with Crippen LogP contribution in [-0.4, -0.2) is 22.0 Å². The molecule has 0 aliphatic rings. The van der Waals surface area contributed by atoms with E-state index in [1.54, 1.807) is 54.6 Å². The van der Waals surface area contributed by atoms with Crippen molar-refractivity contribution in [1.82, 2.24) is 10.2 Å². The van der Waals surface area contributed by atoms with Crippen LogP contribution in [0.5, 0.6) is 0 Å². The van der Waals surface area contributed by atoms with E-state index in [4.69, 9.17) is 11.6 Å². The zero-order valence-electron chi connectivity index (χ0n) is 15.6. The van der Waals surface area contributed by atoms with Gasteiger partial charge in [-0.25, -0.2) is 0 Å². The Morgan fingerprint density at radius 2 is 1.61 bits per heavy atom. The summed E-state index contributed by atoms with van der Waals surface area (Å²) in [6.45, 7) is 4.19. The highest BCUT2D eigenvalue weighted by Gasteiger charge is 2.15. The molecule has 0 fully saturated rings. The molecule has 0 unspecified atom stereocenters. The van der Waals surface area contributed by atoms with Crippen LogP contribution in [-0.2, 0) is 6.42 Å². The quantitative estimate of drug-likeness (QED) is 0.561. The van der Waals surface area contributed by atoms with Crippen LogP contribution in [0.1, 0.15) is 40.4 Å². The molecule has 0 saturated heterocycles. The van der Waals surface area contributed by atoms with Crippen molar-refractivity contribution in [3.8, 4) is 0 Å². The lowest BCUT2D eigenvalue weighted by molar-refractivity contribution is 0.101. The Kier molecular flexibility index (Phi) is 6.11. The standard InChI is InChI=1S/C21H21ClN4O2/c1-13(2)11-16-12-19(26-25-16)21(28)24-18-6-4-3-5-17(18)23-20(27)14-7-9-15(22)10-8-14/h3-10,12-13H,11H2,1-2H3,(H,23,27)(H,24,28)(H,25,26). The van der Waals surface area contributed by atoms with Gasteiger partial charge < -0.3 is 10.6 Å². The van der Waals surface area contributed by atoms with E-state index in [0.717, 1.165) is 12.1 Å². The number of benzene rings is 2. The fourth-order valence-corrected chi connectivity index (χ4v) is 2.83. The molecule has 0 radical (unpaired) electrons. The second-order valence-corrected chi connectivity index (χ2v) is 7.27. The number of carbonyl (C=O) groups is 2. The van der Waals surface area contributed by atoms with Gasteiger partial charge in [-0.2, -0.15) is 5.10 Å². The van der Waals surface area contributed by atoms with Crippen LogP contribution in [0.3, 0.4) is 0 Å². The van der Waals surface area contributed by atoms with E-state index in [1.165, 1.54) is 0 Å². The number of aromatic nitrogens is 2. The largest absolute Gasteiger partial charge is 0.320 e. The van der Waals surface area contributed by atoms with Crippen molar-refractivity contribution >= 4 is 34.8 Å². The number of anilines is 2. The topological polar surface area (TPSA) is 86.9 Å². The lowest BCUT2D eigenvalue weighted by atomic mass is 10.1.